The molecule has 0 saturated carbocycles. The Bertz CT molecular complexity index is 795. The van der Waals surface area contributed by atoms with Crippen molar-refractivity contribution >= 4 is 11.5 Å². The van der Waals surface area contributed by atoms with Crippen LogP contribution in [0.1, 0.15) is 37.9 Å². The molecule has 0 amide bonds. The van der Waals surface area contributed by atoms with E-state index in [9.17, 15) is 13.2 Å². The SMILES string of the molecule is C/C=C(CCC)/C(=N/C1=C/CNC(C(F)(F)F)=NCC=C1)c1cn[nH]c1C. The molecule has 0 saturated heterocycles. The number of amidine groups is 1. The molecule has 0 fully saturated rings. The highest BCUT2D eigenvalue weighted by molar-refractivity contribution is 6.13. The molecular formula is C19H24F3N5. The molecule has 5 nitrogen and oxygen atoms in total. The van der Waals surface area contributed by atoms with E-state index in [4.69, 9.17) is 4.99 Å². The van der Waals surface area contributed by atoms with Gasteiger partial charge >= 0.3 is 6.18 Å². The molecule has 0 spiro atoms. The first-order chi connectivity index (χ1) is 12.9. The average molecular weight is 379 g/mol. The van der Waals surface area contributed by atoms with E-state index in [1.54, 1.807) is 24.4 Å². The van der Waals surface area contributed by atoms with Crippen LogP contribution in [0.25, 0.3) is 0 Å². The van der Waals surface area contributed by atoms with Crippen molar-refractivity contribution in [3.05, 3.63) is 53.0 Å². The van der Waals surface area contributed by atoms with Gasteiger partial charge in [0.2, 0.25) is 5.84 Å². The fourth-order valence-electron chi connectivity index (χ4n) is 2.66. The lowest BCUT2D eigenvalue weighted by Crippen LogP contribution is -2.37. The van der Waals surface area contributed by atoms with E-state index in [1.165, 1.54) is 0 Å². The van der Waals surface area contributed by atoms with Gasteiger partial charge < -0.3 is 5.32 Å². The minimum absolute atomic E-state index is 0.0158. The lowest BCUT2D eigenvalue weighted by atomic mass is 9.99. The predicted molar refractivity (Wildman–Crippen MR) is 102 cm³/mol. The molecule has 146 valence electrons. The molecule has 1 aromatic heterocycles. The van der Waals surface area contributed by atoms with Gasteiger partial charge in [0.25, 0.3) is 0 Å². The highest BCUT2D eigenvalue weighted by Gasteiger charge is 2.35. The van der Waals surface area contributed by atoms with Gasteiger partial charge in [-0.25, -0.2) is 4.99 Å². The third kappa shape index (κ3) is 5.67. The Morgan fingerprint density at radius 3 is 2.74 bits per heavy atom. The molecule has 0 unspecified atom stereocenters. The van der Waals surface area contributed by atoms with Crippen molar-refractivity contribution in [1.29, 1.82) is 0 Å². The van der Waals surface area contributed by atoms with Crippen LogP contribution in [0.2, 0.25) is 0 Å². The number of aryl methyl sites for hydroxylation is 1. The number of aliphatic imine (C=N–C) groups is 2. The van der Waals surface area contributed by atoms with E-state index >= 15 is 0 Å². The number of rotatable bonds is 5. The lowest BCUT2D eigenvalue weighted by Gasteiger charge is -2.11. The zero-order chi connectivity index (χ0) is 19.9. The van der Waals surface area contributed by atoms with Gasteiger partial charge in [-0.2, -0.15) is 18.3 Å². The van der Waals surface area contributed by atoms with Crippen LogP contribution in [0.15, 0.2) is 51.8 Å². The van der Waals surface area contributed by atoms with E-state index in [1.807, 2.05) is 19.9 Å². The molecule has 1 aliphatic heterocycles. The number of allylic oxidation sites excluding steroid dienone is 3. The number of halogens is 3. The maximum atomic E-state index is 12.9. The quantitative estimate of drug-likeness (QED) is 0.751. The zero-order valence-corrected chi connectivity index (χ0v) is 15.7. The number of nitrogens with one attached hydrogen (secondary N) is 2. The smallest absolute Gasteiger partial charge is 0.363 e. The first kappa shape index (κ1) is 20.7. The van der Waals surface area contributed by atoms with Gasteiger partial charge in [-0.15, -0.1) is 0 Å². The van der Waals surface area contributed by atoms with Crippen molar-refractivity contribution in [2.75, 3.05) is 13.1 Å². The van der Waals surface area contributed by atoms with Gasteiger partial charge in [-0.3, -0.25) is 10.1 Å². The van der Waals surface area contributed by atoms with Gasteiger partial charge in [-0.05, 0) is 38.0 Å². The third-order valence-electron chi connectivity index (χ3n) is 3.99. The van der Waals surface area contributed by atoms with Crippen LogP contribution in [-0.2, 0) is 0 Å². The minimum atomic E-state index is -4.49. The van der Waals surface area contributed by atoms with E-state index in [0.29, 0.717) is 5.70 Å². The van der Waals surface area contributed by atoms with Crippen LogP contribution >= 0.6 is 0 Å². The predicted octanol–water partition coefficient (Wildman–Crippen LogP) is 4.26. The summed E-state index contributed by atoms with van der Waals surface area (Å²) in [6.07, 6.45) is 5.92. The van der Waals surface area contributed by atoms with E-state index in [2.05, 4.69) is 27.4 Å². The molecule has 2 heterocycles. The monoisotopic (exact) mass is 379 g/mol. The van der Waals surface area contributed by atoms with E-state index in [0.717, 1.165) is 35.4 Å². The fraction of sp³-hybridized carbons (Fsp3) is 0.421. The number of hydrogen-bond acceptors (Lipinski definition) is 4. The Labute approximate surface area is 156 Å². The van der Waals surface area contributed by atoms with Crippen molar-refractivity contribution in [2.45, 2.75) is 39.8 Å². The van der Waals surface area contributed by atoms with Crippen LogP contribution in [0.4, 0.5) is 13.2 Å². The Morgan fingerprint density at radius 2 is 2.15 bits per heavy atom. The van der Waals surface area contributed by atoms with Gasteiger partial charge in [0, 0.05) is 17.8 Å². The summed E-state index contributed by atoms with van der Waals surface area (Å²) < 4.78 is 38.6. The van der Waals surface area contributed by atoms with Crippen molar-refractivity contribution in [3.8, 4) is 0 Å². The summed E-state index contributed by atoms with van der Waals surface area (Å²) in [6, 6.07) is 0. The summed E-state index contributed by atoms with van der Waals surface area (Å²) in [5.74, 6) is -0.973. The van der Waals surface area contributed by atoms with Gasteiger partial charge in [0.05, 0.1) is 24.2 Å². The largest absolute Gasteiger partial charge is 0.448 e. The molecule has 1 aromatic rings. The Balaban J connectivity index is 2.39. The van der Waals surface area contributed by atoms with Crippen LogP contribution < -0.4 is 5.32 Å². The number of aromatic amines is 1. The standard InChI is InChI=1S/C19H24F3N5/c1-4-7-14(5-2)17(16-12-25-27-13(16)3)26-15-8-6-10-23-18(19(20,21)22)24-11-9-15/h5-6,8-9,12H,4,7,10-11H2,1-3H3,(H,23,24)(H,25,27)/b8-6?,14-5+,15-9+,26-17-. The molecular weight excluding hydrogens is 355 g/mol. The molecule has 0 radical (unpaired) electrons. The average Bonchev–Trinajstić information content (AvgIpc) is 3.07. The summed E-state index contributed by atoms with van der Waals surface area (Å²) in [6.45, 7) is 5.87. The summed E-state index contributed by atoms with van der Waals surface area (Å²) >= 11 is 0. The first-order valence-corrected chi connectivity index (χ1v) is 8.83. The molecule has 27 heavy (non-hydrogen) atoms. The number of hydrogen-bond donors (Lipinski definition) is 2. The summed E-state index contributed by atoms with van der Waals surface area (Å²) in [5, 5.41) is 9.31. The van der Waals surface area contributed by atoms with Crippen molar-refractivity contribution < 1.29 is 13.2 Å². The van der Waals surface area contributed by atoms with Crippen LogP contribution in [-0.4, -0.2) is 41.0 Å². The molecule has 8 heteroatoms. The van der Waals surface area contributed by atoms with Crippen LogP contribution in [0.5, 0.6) is 0 Å². The number of H-pyrrole nitrogens is 1. The molecule has 1 aliphatic rings. The molecule has 0 bridgehead atoms. The van der Waals surface area contributed by atoms with Crippen molar-refractivity contribution in [2.24, 2.45) is 9.98 Å². The fourth-order valence-corrected chi connectivity index (χ4v) is 2.66. The summed E-state index contributed by atoms with van der Waals surface area (Å²) in [4.78, 5) is 8.31. The van der Waals surface area contributed by atoms with Crippen LogP contribution in [0.3, 0.4) is 0 Å². The number of nitrogens with zero attached hydrogens (tertiary/aromatic N) is 3. The summed E-state index contributed by atoms with van der Waals surface area (Å²) in [7, 11) is 0. The zero-order valence-electron chi connectivity index (χ0n) is 15.7. The maximum Gasteiger partial charge on any atom is 0.448 e. The van der Waals surface area contributed by atoms with Crippen molar-refractivity contribution in [1.82, 2.24) is 15.5 Å². The molecule has 2 N–H and O–H groups in total. The Kier molecular flexibility index (Phi) is 7.15. The maximum absolute atomic E-state index is 12.9. The van der Waals surface area contributed by atoms with E-state index in [-0.39, 0.29) is 13.1 Å². The van der Waals surface area contributed by atoms with Gasteiger partial charge in [0.1, 0.15) is 0 Å². The van der Waals surface area contributed by atoms with Gasteiger partial charge in [-0.1, -0.05) is 25.5 Å². The lowest BCUT2D eigenvalue weighted by molar-refractivity contribution is -0.0618. The number of aromatic nitrogens is 2. The van der Waals surface area contributed by atoms with Gasteiger partial charge in [0.15, 0.2) is 0 Å². The number of alkyl halides is 3. The third-order valence-corrected chi connectivity index (χ3v) is 3.99. The second-order valence-electron chi connectivity index (χ2n) is 6.03. The second-order valence-corrected chi connectivity index (χ2v) is 6.03. The highest BCUT2D eigenvalue weighted by atomic mass is 19.4. The molecule has 0 aromatic carbocycles. The topological polar surface area (TPSA) is 65.4 Å². The minimum Gasteiger partial charge on any atom is -0.363 e. The second kappa shape index (κ2) is 9.34. The molecule has 2 rings (SSSR count). The van der Waals surface area contributed by atoms with Crippen LogP contribution in [0, 0.1) is 6.92 Å². The normalized spacial score (nSPS) is 18.7. The Hall–Kier alpha value is -2.64. The first-order valence-electron chi connectivity index (χ1n) is 8.83. The van der Waals surface area contributed by atoms with Crippen molar-refractivity contribution in [3.63, 3.8) is 0 Å². The van der Waals surface area contributed by atoms with E-state index < -0.39 is 12.0 Å². The summed E-state index contributed by atoms with van der Waals surface area (Å²) in [5.41, 5.74) is 4.19. The molecule has 0 aliphatic carbocycles. The Morgan fingerprint density at radius 1 is 1.37 bits per heavy atom. The highest BCUT2D eigenvalue weighted by Crippen LogP contribution is 2.20. The molecule has 0 atom stereocenters.